The van der Waals surface area contributed by atoms with Crippen LogP contribution in [0.5, 0.6) is 0 Å². The van der Waals surface area contributed by atoms with Crippen LogP contribution in [0.1, 0.15) is 26.7 Å². The Bertz CT molecular complexity index is 190. The minimum Gasteiger partial charge on any atom is -0.468 e. The van der Waals surface area contributed by atoms with E-state index < -0.39 is 0 Å². The van der Waals surface area contributed by atoms with Gasteiger partial charge >= 0.3 is 5.97 Å². The van der Waals surface area contributed by atoms with E-state index in [1.165, 1.54) is 7.11 Å². The Kier molecular flexibility index (Phi) is 9.77. The lowest BCUT2D eigenvalue weighted by atomic mass is 10.2. The summed E-state index contributed by atoms with van der Waals surface area (Å²) < 4.78 is 4.72. The highest BCUT2D eigenvalue weighted by Gasteiger charge is 2.17. The number of nitrogens with one attached hydrogen (secondary N) is 1. The number of aliphatic hydroxyl groups is 1. The highest BCUT2D eigenvalue weighted by atomic mass is 32.2. The smallest absolute Gasteiger partial charge is 0.322 e. The zero-order valence-electron chi connectivity index (χ0n) is 10.4. The molecule has 2 N–H and O–H groups in total. The molecule has 0 aromatic rings. The normalized spacial score (nSPS) is 14.5. The molecule has 5 heteroatoms. The summed E-state index contributed by atoms with van der Waals surface area (Å²) >= 11 is 1.78. The summed E-state index contributed by atoms with van der Waals surface area (Å²) in [5, 5.41) is 12.3. The van der Waals surface area contributed by atoms with E-state index in [9.17, 15) is 4.79 Å². The third kappa shape index (κ3) is 7.09. The van der Waals surface area contributed by atoms with Crippen molar-refractivity contribution >= 4 is 17.7 Å². The van der Waals surface area contributed by atoms with E-state index in [0.717, 1.165) is 25.1 Å². The largest absolute Gasteiger partial charge is 0.468 e. The Morgan fingerprint density at radius 1 is 1.50 bits per heavy atom. The van der Waals surface area contributed by atoms with Crippen LogP contribution in [0.3, 0.4) is 0 Å². The molecule has 0 aromatic carbocycles. The average molecular weight is 249 g/mol. The van der Waals surface area contributed by atoms with Crippen molar-refractivity contribution in [3.63, 3.8) is 0 Å². The molecule has 0 aliphatic rings. The number of aliphatic hydroxyl groups excluding tert-OH is 1. The van der Waals surface area contributed by atoms with E-state index in [1.807, 2.05) is 6.92 Å². The molecular formula is C11H23NO3S. The Balaban J connectivity index is 3.79. The molecule has 0 aromatic heterocycles. The van der Waals surface area contributed by atoms with Crippen LogP contribution in [-0.2, 0) is 9.53 Å². The van der Waals surface area contributed by atoms with Gasteiger partial charge in [-0.1, -0.05) is 13.8 Å². The number of hydrogen-bond donors (Lipinski definition) is 2. The topological polar surface area (TPSA) is 58.6 Å². The fourth-order valence-electron chi connectivity index (χ4n) is 1.34. The van der Waals surface area contributed by atoms with Crippen molar-refractivity contribution in [1.29, 1.82) is 0 Å². The van der Waals surface area contributed by atoms with Crippen molar-refractivity contribution in [2.45, 2.75) is 38.0 Å². The van der Waals surface area contributed by atoms with Crippen LogP contribution in [0, 0.1) is 0 Å². The molecule has 0 amide bonds. The first kappa shape index (κ1) is 15.7. The van der Waals surface area contributed by atoms with E-state index in [0.29, 0.717) is 5.25 Å². The van der Waals surface area contributed by atoms with Crippen LogP contribution in [0.4, 0.5) is 0 Å². The van der Waals surface area contributed by atoms with Gasteiger partial charge in [0.05, 0.1) is 7.11 Å². The molecule has 96 valence electrons. The molecule has 0 rings (SSSR count). The predicted molar refractivity (Wildman–Crippen MR) is 67.7 cm³/mol. The van der Waals surface area contributed by atoms with Gasteiger partial charge in [-0.2, -0.15) is 11.8 Å². The predicted octanol–water partition coefficient (Wildman–Crippen LogP) is 1.03. The Hall–Kier alpha value is -0.260. The molecule has 2 atom stereocenters. The standard InChI is InChI=1S/C11H23NO3S/c1-4-12-10(11(14)15-3)6-8-16-9(2)5-7-13/h9-10,12-13H,4-8H2,1-3H3. The second-order valence-corrected chi connectivity index (χ2v) is 5.16. The lowest BCUT2D eigenvalue weighted by Crippen LogP contribution is -2.38. The number of carbonyl (C=O) groups excluding carboxylic acids is 1. The highest BCUT2D eigenvalue weighted by molar-refractivity contribution is 7.99. The number of rotatable bonds is 9. The maximum Gasteiger partial charge on any atom is 0.322 e. The molecule has 0 radical (unpaired) electrons. The minimum atomic E-state index is -0.205. The maximum atomic E-state index is 11.4. The van der Waals surface area contributed by atoms with E-state index in [2.05, 4.69) is 12.2 Å². The molecule has 0 spiro atoms. The summed E-state index contributed by atoms with van der Waals surface area (Å²) in [5.41, 5.74) is 0. The Labute approximate surface area is 102 Å². The molecule has 0 saturated heterocycles. The lowest BCUT2D eigenvalue weighted by molar-refractivity contribution is -0.143. The molecule has 0 fully saturated rings. The highest BCUT2D eigenvalue weighted by Crippen LogP contribution is 2.15. The monoisotopic (exact) mass is 249 g/mol. The second kappa shape index (κ2) is 9.93. The third-order valence-electron chi connectivity index (χ3n) is 2.28. The molecule has 16 heavy (non-hydrogen) atoms. The molecule has 0 aliphatic heterocycles. The first-order chi connectivity index (χ1) is 7.65. The van der Waals surface area contributed by atoms with Crippen molar-refractivity contribution in [3.8, 4) is 0 Å². The number of esters is 1. The Morgan fingerprint density at radius 3 is 2.69 bits per heavy atom. The summed E-state index contributed by atoms with van der Waals surface area (Å²) in [6.07, 6.45) is 1.57. The van der Waals surface area contributed by atoms with Crippen LogP contribution in [0.2, 0.25) is 0 Å². The van der Waals surface area contributed by atoms with Gasteiger partial charge in [-0.05, 0) is 25.1 Å². The van der Waals surface area contributed by atoms with Gasteiger partial charge in [0, 0.05) is 11.9 Å². The number of likely N-dealkylation sites (N-methyl/N-ethyl adjacent to an activating group) is 1. The molecule has 0 saturated carbocycles. The zero-order valence-corrected chi connectivity index (χ0v) is 11.2. The lowest BCUT2D eigenvalue weighted by Gasteiger charge is -2.16. The van der Waals surface area contributed by atoms with E-state index in [1.54, 1.807) is 11.8 Å². The third-order valence-corrected chi connectivity index (χ3v) is 3.56. The van der Waals surface area contributed by atoms with Crippen molar-refractivity contribution < 1.29 is 14.6 Å². The average Bonchev–Trinajstić information content (AvgIpc) is 2.27. The van der Waals surface area contributed by atoms with Crippen LogP contribution in [0.25, 0.3) is 0 Å². The van der Waals surface area contributed by atoms with Gasteiger partial charge < -0.3 is 15.2 Å². The van der Waals surface area contributed by atoms with Gasteiger partial charge in [-0.15, -0.1) is 0 Å². The van der Waals surface area contributed by atoms with Crippen LogP contribution >= 0.6 is 11.8 Å². The van der Waals surface area contributed by atoms with Gasteiger partial charge in [-0.3, -0.25) is 4.79 Å². The van der Waals surface area contributed by atoms with E-state index in [-0.39, 0.29) is 18.6 Å². The number of thioether (sulfide) groups is 1. The molecule has 0 aliphatic carbocycles. The maximum absolute atomic E-state index is 11.4. The Morgan fingerprint density at radius 2 is 2.19 bits per heavy atom. The zero-order chi connectivity index (χ0) is 12.4. The molecular weight excluding hydrogens is 226 g/mol. The molecule has 0 bridgehead atoms. The fourth-order valence-corrected chi connectivity index (χ4v) is 2.39. The summed E-state index contributed by atoms with van der Waals surface area (Å²) in [5.74, 6) is 0.700. The summed E-state index contributed by atoms with van der Waals surface area (Å²) in [4.78, 5) is 11.4. The van der Waals surface area contributed by atoms with Crippen molar-refractivity contribution in [2.24, 2.45) is 0 Å². The van der Waals surface area contributed by atoms with Crippen LogP contribution in [-0.4, -0.2) is 48.4 Å². The molecule has 2 unspecified atom stereocenters. The van der Waals surface area contributed by atoms with Gasteiger partial charge in [-0.25, -0.2) is 0 Å². The van der Waals surface area contributed by atoms with Gasteiger partial charge in [0.1, 0.15) is 6.04 Å². The van der Waals surface area contributed by atoms with Crippen molar-refractivity contribution in [1.82, 2.24) is 5.32 Å². The van der Waals surface area contributed by atoms with Gasteiger partial charge in [0.2, 0.25) is 0 Å². The summed E-state index contributed by atoms with van der Waals surface area (Å²) in [6, 6.07) is -0.205. The first-order valence-corrected chi connectivity index (χ1v) is 6.74. The van der Waals surface area contributed by atoms with Crippen molar-refractivity contribution in [3.05, 3.63) is 0 Å². The van der Waals surface area contributed by atoms with Gasteiger partial charge in [0.15, 0.2) is 0 Å². The quantitative estimate of drug-likeness (QED) is 0.598. The number of hydrogen-bond acceptors (Lipinski definition) is 5. The van der Waals surface area contributed by atoms with E-state index >= 15 is 0 Å². The SMILES string of the molecule is CCNC(CCSC(C)CCO)C(=O)OC. The second-order valence-electron chi connectivity index (χ2n) is 3.62. The number of methoxy groups -OCH3 is 1. The summed E-state index contributed by atoms with van der Waals surface area (Å²) in [6.45, 7) is 5.04. The van der Waals surface area contributed by atoms with Crippen molar-refractivity contribution in [2.75, 3.05) is 26.0 Å². The number of carbonyl (C=O) groups is 1. The minimum absolute atomic E-state index is 0.197. The van der Waals surface area contributed by atoms with Crippen LogP contribution < -0.4 is 5.32 Å². The van der Waals surface area contributed by atoms with E-state index in [4.69, 9.17) is 9.84 Å². The molecule has 0 heterocycles. The summed E-state index contributed by atoms with van der Waals surface area (Å²) in [7, 11) is 1.41. The first-order valence-electron chi connectivity index (χ1n) is 5.69. The van der Waals surface area contributed by atoms with Crippen LogP contribution in [0.15, 0.2) is 0 Å². The molecule has 4 nitrogen and oxygen atoms in total. The van der Waals surface area contributed by atoms with Gasteiger partial charge in [0.25, 0.3) is 0 Å². The number of ether oxygens (including phenoxy) is 1. The fraction of sp³-hybridized carbons (Fsp3) is 0.909.